The van der Waals surface area contributed by atoms with Crippen molar-refractivity contribution in [1.29, 1.82) is 0 Å². The molecule has 2 rings (SSSR count). The summed E-state index contributed by atoms with van der Waals surface area (Å²) in [6.45, 7) is 6.64. The fourth-order valence-electron chi connectivity index (χ4n) is 4.15. The highest BCUT2D eigenvalue weighted by atomic mass is 16.6. The first kappa shape index (κ1) is 34.0. The molecule has 0 spiro atoms. The number of carbonyl (C=O) groups excluding carboxylic acids is 4. The minimum Gasteiger partial charge on any atom is -0.463 e. The molecule has 0 unspecified atom stereocenters. The van der Waals surface area contributed by atoms with Gasteiger partial charge in [0.25, 0.3) is 0 Å². The predicted molar refractivity (Wildman–Crippen MR) is 160 cm³/mol. The molecule has 0 heterocycles. The lowest BCUT2D eigenvalue weighted by atomic mass is 9.98. The molecule has 42 heavy (non-hydrogen) atoms. The van der Waals surface area contributed by atoms with Crippen molar-refractivity contribution in [2.24, 2.45) is 5.92 Å². The monoisotopic (exact) mass is 578 g/mol. The van der Waals surface area contributed by atoms with Crippen LogP contribution in [0.1, 0.15) is 49.7 Å². The number of esters is 2. The van der Waals surface area contributed by atoms with E-state index in [1.54, 1.807) is 18.2 Å². The molecular formula is C33H42N2O7. The van der Waals surface area contributed by atoms with Crippen LogP contribution in [0.5, 0.6) is 0 Å². The number of amides is 2. The first-order chi connectivity index (χ1) is 20.4. The summed E-state index contributed by atoms with van der Waals surface area (Å²) in [5, 5.41) is 15.1. The average molecular weight is 579 g/mol. The Labute approximate surface area is 248 Å². The Bertz CT molecular complexity index is 1140. The Balaban J connectivity index is 2.02. The van der Waals surface area contributed by atoms with E-state index in [9.17, 15) is 24.3 Å². The van der Waals surface area contributed by atoms with E-state index >= 15 is 0 Å². The highest BCUT2D eigenvalue weighted by Gasteiger charge is 2.29. The molecule has 3 N–H and O–H groups in total. The number of hydrogen-bond donors (Lipinski definition) is 3. The van der Waals surface area contributed by atoms with Crippen molar-refractivity contribution in [2.75, 3.05) is 13.2 Å². The maximum atomic E-state index is 13.2. The summed E-state index contributed by atoms with van der Waals surface area (Å²) in [4.78, 5) is 51.3. The van der Waals surface area contributed by atoms with Crippen molar-refractivity contribution in [1.82, 2.24) is 10.6 Å². The lowest BCUT2D eigenvalue weighted by Crippen LogP contribution is -2.48. The van der Waals surface area contributed by atoms with E-state index in [0.29, 0.717) is 12.8 Å². The molecular weight excluding hydrogens is 536 g/mol. The molecule has 0 fully saturated rings. The van der Waals surface area contributed by atoms with Gasteiger partial charge in [-0.1, -0.05) is 72.8 Å². The fourth-order valence-corrected chi connectivity index (χ4v) is 4.15. The zero-order valence-corrected chi connectivity index (χ0v) is 24.0. The third kappa shape index (κ3) is 13.4. The Morgan fingerprint density at radius 3 is 2.14 bits per heavy atom. The molecule has 0 saturated heterocycles. The van der Waals surface area contributed by atoms with Gasteiger partial charge in [0.05, 0.1) is 18.6 Å². The molecule has 9 heteroatoms. The molecule has 9 nitrogen and oxygen atoms in total. The summed E-state index contributed by atoms with van der Waals surface area (Å²) < 4.78 is 10.7. The molecule has 0 radical (unpaired) electrons. The standard InChI is InChI=1S/C33H42N2O7/c1-3-5-6-13-19-31(38)41-24-29(33(40)42-23-26-17-11-8-12-18-26)35-32(39)27(14-4-2)21-30(37)34-28(22-36)20-25-15-9-7-10-16-25/h3-4,7-12,15-18,27-29,36H,1-2,5-6,13-14,19-24H2,(H,34,37)(H,35,39)/t27-,28-,29-/m1/s1. The van der Waals surface area contributed by atoms with Crippen LogP contribution >= 0.6 is 0 Å². The van der Waals surface area contributed by atoms with Crippen molar-refractivity contribution in [3.63, 3.8) is 0 Å². The molecule has 0 aliphatic rings. The molecule has 226 valence electrons. The van der Waals surface area contributed by atoms with Gasteiger partial charge < -0.3 is 25.2 Å². The molecule has 0 aliphatic carbocycles. The number of rotatable bonds is 20. The van der Waals surface area contributed by atoms with Crippen LogP contribution in [0.15, 0.2) is 86.0 Å². The lowest BCUT2D eigenvalue weighted by molar-refractivity contribution is -0.155. The minimum atomic E-state index is -1.27. The Morgan fingerprint density at radius 1 is 0.857 bits per heavy atom. The molecule has 2 aromatic carbocycles. The highest BCUT2D eigenvalue weighted by molar-refractivity contribution is 5.89. The highest BCUT2D eigenvalue weighted by Crippen LogP contribution is 2.13. The number of aliphatic hydroxyl groups excluding tert-OH is 1. The number of ether oxygens (including phenoxy) is 2. The third-order valence-corrected chi connectivity index (χ3v) is 6.44. The number of nitrogens with one attached hydrogen (secondary N) is 2. The van der Waals surface area contributed by atoms with Crippen LogP contribution in [-0.2, 0) is 41.7 Å². The second-order valence-electron chi connectivity index (χ2n) is 9.93. The summed E-state index contributed by atoms with van der Waals surface area (Å²) in [5.74, 6) is -3.13. The predicted octanol–water partition coefficient (Wildman–Crippen LogP) is 3.81. The van der Waals surface area contributed by atoms with Gasteiger partial charge >= 0.3 is 11.9 Å². The second kappa shape index (κ2) is 19.8. The maximum Gasteiger partial charge on any atom is 0.332 e. The van der Waals surface area contributed by atoms with Crippen LogP contribution in [0.4, 0.5) is 0 Å². The summed E-state index contributed by atoms with van der Waals surface area (Å²) in [6, 6.07) is 16.7. The normalized spacial score (nSPS) is 12.7. The van der Waals surface area contributed by atoms with Gasteiger partial charge in [0.1, 0.15) is 13.2 Å². The Kier molecular flexibility index (Phi) is 16.0. The van der Waals surface area contributed by atoms with Crippen molar-refractivity contribution in [2.45, 2.75) is 63.6 Å². The largest absolute Gasteiger partial charge is 0.463 e. The average Bonchev–Trinajstić information content (AvgIpc) is 3.00. The Morgan fingerprint density at radius 2 is 1.52 bits per heavy atom. The van der Waals surface area contributed by atoms with Crippen molar-refractivity contribution >= 4 is 23.8 Å². The molecule has 3 atom stereocenters. The fraction of sp³-hybridized carbons (Fsp3) is 0.394. The maximum absolute atomic E-state index is 13.2. The van der Waals surface area contributed by atoms with E-state index in [4.69, 9.17) is 9.47 Å². The van der Waals surface area contributed by atoms with Crippen LogP contribution in [0, 0.1) is 5.92 Å². The number of carbonyl (C=O) groups is 4. The summed E-state index contributed by atoms with van der Waals surface area (Å²) in [6.07, 6.45) is 6.01. The van der Waals surface area contributed by atoms with Crippen LogP contribution in [-0.4, -0.2) is 54.2 Å². The second-order valence-corrected chi connectivity index (χ2v) is 9.93. The van der Waals surface area contributed by atoms with Gasteiger partial charge in [-0.25, -0.2) is 4.79 Å². The van der Waals surface area contributed by atoms with Gasteiger partial charge in [-0.3, -0.25) is 14.4 Å². The quantitative estimate of drug-likeness (QED) is 0.124. The van der Waals surface area contributed by atoms with Crippen LogP contribution < -0.4 is 10.6 Å². The van der Waals surface area contributed by atoms with Gasteiger partial charge in [0, 0.05) is 12.8 Å². The Hall–Kier alpha value is -4.24. The van der Waals surface area contributed by atoms with Crippen LogP contribution in [0.2, 0.25) is 0 Å². The van der Waals surface area contributed by atoms with E-state index < -0.39 is 48.4 Å². The van der Waals surface area contributed by atoms with Gasteiger partial charge in [0.15, 0.2) is 6.04 Å². The van der Waals surface area contributed by atoms with Crippen molar-refractivity contribution < 1.29 is 33.8 Å². The molecule has 0 saturated carbocycles. The summed E-state index contributed by atoms with van der Waals surface area (Å²) >= 11 is 0. The number of allylic oxidation sites excluding steroid dienone is 2. The lowest BCUT2D eigenvalue weighted by Gasteiger charge is -2.22. The third-order valence-electron chi connectivity index (χ3n) is 6.44. The number of benzene rings is 2. The van der Waals surface area contributed by atoms with E-state index in [1.807, 2.05) is 48.5 Å². The van der Waals surface area contributed by atoms with E-state index in [0.717, 1.165) is 24.0 Å². The number of hydrogen-bond acceptors (Lipinski definition) is 7. The molecule has 2 amide bonds. The van der Waals surface area contributed by atoms with Gasteiger partial charge in [-0.05, 0) is 43.2 Å². The summed E-state index contributed by atoms with van der Waals surface area (Å²) in [5.41, 5.74) is 1.70. The van der Waals surface area contributed by atoms with Crippen molar-refractivity contribution in [3.05, 3.63) is 97.1 Å². The van der Waals surface area contributed by atoms with Crippen LogP contribution in [0.25, 0.3) is 0 Å². The van der Waals surface area contributed by atoms with Crippen molar-refractivity contribution in [3.8, 4) is 0 Å². The van der Waals surface area contributed by atoms with Gasteiger partial charge in [-0.2, -0.15) is 0 Å². The number of unbranched alkanes of at least 4 members (excludes halogenated alkanes) is 2. The van der Waals surface area contributed by atoms with Gasteiger partial charge in [-0.15, -0.1) is 13.2 Å². The number of aliphatic hydroxyl groups is 1. The SMILES string of the molecule is C=CCCCCC(=O)OC[C@@H](NC(=O)[C@H](CC=C)CC(=O)N[C@@H](CO)Cc1ccccc1)C(=O)OCc1ccccc1. The summed E-state index contributed by atoms with van der Waals surface area (Å²) in [7, 11) is 0. The smallest absolute Gasteiger partial charge is 0.332 e. The molecule has 0 aromatic heterocycles. The van der Waals surface area contributed by atoms with Crippen LogP contribution in [0.3, 0.4) is 0 Å². The first-order valence-corrected chi connectivity index (χ1v) is 14.2. The zero-order chi connectivity index (χ0) is 30.6. The zero-order valence-electron chi connectivity index (χ0n) is 24.0. The molecule has 2 aromatic rings. The molecule has 0 aliphatic heterocycles. The van der Waals surface area contributed by atoms with E-state index in [1.165, 1.54) is 6.08 Å². The van der Waals surface area contributed by atoms with E-state index in [-0.39, 0.29) is 32.5 Å². The minimum absolute atomic E-state index is 0.0238. The van der Waals surface area contributed by atoms with E-state index in [2.05, 4.69) is 23.8 Å². The molecule has 0 bridgehead atoms. The topological polar surface area (TPSA) is 131 Å². The first-order valence-electron chi connectivity index (χ1n) is 14.2. The van der Waals surface area contributed by atoms with Gasteiger partial charge in [0.2, 0.25) is 11.8 Å².